The second kappa shape index (κ2) is 5.06. The summed E-state index contributed by atoms with van der Waals surface area (Å²) in [6.07, 6.45) is 2.57. The first kappa shape index (κ1) is 14.7. The lowest BCUT2D eigenvalue weighted by molar-refractivity contribution is -0.149. The monoisotopic (exact) mass is 329 g/mol. The van der Waals surface area contributed by atoms with Gasteiger partial charge in [-0.15, -0.1) is 11.3 Å². The van der Waals surface area contributed by atoms with Gasteiger partial charge in [-0.05, 0) is 37.3 Å². The summed E-state index contributed by atoms with van der Waals surface area (Å²) < 4.78 is 1.11. The highest BCUT2D eigenvalue weighted by Crippen LogP contribution is 2.49. The quantitative estimate of drug-likeness (QED) is 0.917. The molecule has 23 heavy (non-hydrogen) atoms. The van der Waals surface area contributed by atoms with E-state index in [4.69, 9.17) is 0 Å². The van der Waals surface area contributed by atoms with E-state index in [0.717, 1.165) is 22.9 Å². The Labute approximate surface area is 138 Å². The first-order valence-electron chi connectivity index (χ1n) is 8.02. The summed E-state index contributed by atoms with van der Waals surface area (Å²) in [7, 11) is 0. The van der Waals surface area contributed by atoms with Gasteiger partial charge in [-0.1, -0.05) is 18.6 Å². The molecule has 1 aromatic heterocycles. The minimum atomic E-state index is -0.735. The maximum Gasteiger partial charge on any atom is 0.311 e. The van der Waals surface area contributed by atoms with Gasteiger partial charge in [0.2, 0.25) is 0 Å². The Balaban J connectivity index is 1.66. The minimum absolute atomic E-state index is 0.0184. The standard InChI is InChI=1S/C18H19NO3S/c1-11-4-5-13-14(9-23-15(13)7-11)16(20)19-8-12-3-2-6-18(12,10-19)17(21)22/h4-5,7,9,12H,2-3,6,8,10H2,1H3,(H,21,22)/t12-,18+/m0/s1. The van der Waals surface area contributed by atoms with Crippen LogP contribution in [0.4, 0.5) is 0 Å². The van der Waals surface area contributed by atoms with E-state index in [1.807, 2.05) is 24.4 Å². The number of carboxylic acid groups (broad SMARTS) is 1. The molecule has 4 rings (SSSR count). The first-order valence-corrected chi connectivity index (χ1v) is 8.90. The Kier molecular flexibility index (Phi) is 3.23. The van der Waals surface area contributed by atoms with Crippen molar-refractivity contribution in [3.8, 4) is 0 Å². The van der Waals surface area contributed by atoms with Gasteiger partial charge in [-0.25, -0.2) is 0 Å². The highest BCUT2D eigenvalue weighted by atomic mass is 32.1. The molecule has 1 N–H and O–H groups in total. The van der Waals surface area contributed by atoms with Crippen LogP contribution in [0.2, 0.25) is 0 Å². The van der Waals surface area contributed by atoms with Gasteiger partial charge < -0.3 is 10.0 Å². The molecule has 0 radical (unpaired) electrons. The Bertz CT molecular complexity index is 812. The number of fused-ring (bicyclic) bond motifs is 2. The largest absolute Gasteiger partial charge is 0.481 e. The molecule has 2 atom stereocenters. The molecular weight excluding hydrogens is 310 g/mol. The van der Waals surface area contributed by atoms with Crippen LogP contribution in [0.1, 0.15) is 35.2 Å². The van der Waals surface area contributed by atoms with Crippen LogP contribution < -0.4 is 0 Å². The molecule has 5 heteroatoms. The molecule has 0 spiro atoms. The maximum absolute atomic E-state index is 12.9. The minimum Gasteiger partial charge on any atom is -0.481 e. The molecule has 2 fully saturated rings. The van der Waals surface area contributed by atoms with E-state index in [-0.39, 0.29) is 11.8 Å². The Hall–Kier alpha value is -1.88. The van der Waals surface area contributed by atoms with E-state index in [1.165, 1.54) is 5.56 Å². The lowest BCUT2D eigenvalue weighted by atomic mass is 9.81. The van der Waals surface area contributed by atoms with Gasteiger partial charge in [0.05, 0.1) is 11.0 Å². The van der Waals surface area contributed by atoms with Gasteiger partial charge in [0.25, 0.3) is 5.91 Å². The van der Waals surface area contributed by atoms with E-state index in [0.29, 0.717) is 25.1 Å². The number of carboxylic acids is 1. The molecule has 0 bridgehead atoms. The van der Waals surface area contributed by atoms with Crippen molar-refractivity contribution in [1.29, 1.82) is 0 Å². The summed E-state index contributed by atoms with van der Waals surface area (Å²) in [5.74, 6) is -0.646. The molecule has 0 unspecified atom stereocenters. The van der Waals surface area contributed by atoms with Crippen molar-refractivity contribution in [2.24, 2.45) is 11.3 Å². The van der Waals surface area contributed by atoms with Crippen molar-refractivity contribution < 1.29 is 14.7 Å². The van der Waals surface area contributed by atoms with Gasteiger partial charge in [0, 0.05) is 28.6 Å². The van der Waals surface area contributed by atoms with Gasteiger partial charge in [0.1, 0.15) is 0 Å². The van der Waals surface area contributed by atoms with Crippen LogP contribution in [0.3, 0.4) is 0 Å². The highest BCUT2D eigenvalue weighted by molar-refractivity contribution is 7.17. The van der Waals surface area contributed by atoms with Gasteiger partial charge in [0.15, 0.2) is 0 Å². The van der Waals surface area contributed by atoms with E-state index in [1.54, 1.807) is 16.2 Å². The SMILES string of the molecule is Cc1ccc2c(C(=O)N3C[C@@H]4CCC[C@@]4(C(=O)O)C3)csc2c1. The van der Waals surface area contributed by atoms with Crippen LogP contribution in [0.25, 0.3) is 10.1 Å². The number of likely N-dealkylation sites (tertiary alicyclic amines) is 1. The molecule has 2 heterocycles. The number of hydrogen-bond donors (Lipinski definition) is 1. The molecule has 2 aromatic rings. The zero-order valence-corrected chi connectivity index (χ0v) is 13.9. The fraction of sp³-hybridized carbons (Fsp3) is 0.444. The molecule has 1 saturated heterocycles. The lowest BCUT2D eigenvalue weighted by Crippen LogP contribution is -2.37. The summed E-state index contributed by atoms with van der Waals surface area (Å²) in [4.78, 5) is 26.5. The summed E-state index contributed by atoms with van der Waals surface area (Å²) in [6.45, 7) is 2.97. The van der Waals surface area contributed by atoms with Gasteiger partial charge >= 0.3 is 5.97 Å². The van der Waals surface area contributed by atoms with Crippen LogP contribution in [0.15, 0.2) is 23.6 Å². The predicted molar refractivity (Wildman–Crippen MR) is 89.9 cm³/mol. The number of aryl methyl sites for hydroxylation is 1. The Morgan fingerprint density at radius 3 is 2.96 bits per heavy atom. The van der Waals surface area contributed by atoms with Crippen LogP contribution in [0.5, 0.6) is 0 Å². The number of amides is 1. The molecule has 1 aromatic carbocycles. The van der Waals surface area contributed by atoms with Crippen LogP contribution in [0, 0.1) is 18.3 Å². The number of hydrogen-bond acceptors (Lipinski definition) is 3. The Morgan fingerprint density at radius 1 is 1.39 bits per heavy atom. The Morgan fingerprint density at radius 2 is 2.22 bits per heavy atom. The number of benzene rings is 1. The number of nitrogens with zero attached hydrogens (tertiary/aromatic N) is 1. The van der Waals surface area contributed by atoms with E-state index < -0.39 is 11.4 Å². The number of carbonyl (C=O) groups is 2. The average Bonchev–Trinajstić information content (AvgIpc) is 3.17. The molecular formula is C18H19NO3S. The second-order valence-electron chi connectivity index (χ2n) is 6.89. The molecule has 4 nitrogen and oxygen atoms in total. The zero-order chi connectivity index (χ0) is 16.2. The smallest absolute Gasteiger partial charge is 0.311 e. The molecule has 2 aliphatic rings. The van der Waals surface area contributed by atoms with Crippen LogP contribution in [-0.2, 0) is 4.79 Å². The second-order valence-corrected chi connectivity index (χ2v) is 7.80. The first-order chi connectivity index (χ1) is 11.0. The van der Waals surface area contributed by atoms with Crippen molar-refractivity contribution in [2.45, 2.75) is 26.2 Å². The van der Waals surface area contributed by atoms with Gasteiger partial charge in [-0.2, -0.15) is 0 Å². The molecule has 1 aliphatic carbocycles. The van der Waals surface area contributed by atoms with E-state index in [9.17, 15) is 14.7 Å². The predicted octanol–water partition coefficient (Wildman–Crippen LogP) is 3.54. The van der Waals surface area contributed by atoms with Crippen LogP contribution in [-0.4, -0.2) is 35.0 Å². The maximum atomic E-state index is 12.9. The molecule has 120 valence electrons. The van der Waals surface area contributed by atoms with Crippen molar-refractivity contribution in [1.82, 2.24) is 4.90 Å². The zero-order valence-electron chi connectivity index (χ0n) is 13.0. The van der Waals surface area contributed by atoms with E-state index >= 15 is 0 Å². The topological polar surface area (TPSA) is 57.6 Å². The highest BCUT2D eigenvalue weighted by Gasteiger charge is 2.55. The number of thiophene rings is 1. The van der Waals surface area contributed by atoms with Gasteiger partial charge in [-0.3, -0.25) is 9.59 Å². The summed E-state index contributed by atoms with van der Waals surface area (Å²) >= 11 is 1.58. The molecule has 1 saturated carbocycles. The molecule has 1 aliphatic heterocycles. The number of carbonyl (C=O) groups excluding carboxylic acids is 1. The van der Waals surface area contributed by atoms with E-state index in [2.05, 4.69) is 6.07 Å². The lowest BCUT2D eigenvalue weighted by Gasteiger charge is -2.23. The summed E-state index contributed by atoms with van der Waals surface area (Å²) in [6, 6.07) is 6.11. The fourth-order valence-electron chi connectivity index (χ4n) is 4.26. The normalized spacial score (nSPS) is 26.7. The number of aliphatic carboxylic acids is 1. The third kappa shape index (κ3) is 2.10. The fourth-order valence-corrected chi connectivity index (χ4v) is 5.30. The van der Waals surface area contributed by atoms with Crippen molar-refractivity contribution in [3.05, 3.63) is 34.7 Å². The van der Waals surface area contributed by atoms with Crippen LogP contribution >= 0.6 is 11.3 Å². The molecule has 1 amide bonds. The van der Waals surface area contributed by atoms with Crippen molar-refractivity contribution in [2.75, 3.05) is 13.1 Å². The third-order valence-corrected chi connectivity index (χ3v) is 6.49. The summed E-state index contributed by atoms with van der Waals surface area (Å²) in [5, 5.41) is 12.6. The van der Waals surface area contributed by atoms with Crippen molar-refractivity contribution >= 4 is 33.3 Å². The summed E-state index contributed by atoms with van der Waals surface area (Å²) in [5.41, 5.74) is 1.18. The average molecular weight is 329 g/mol. The third-order valence-electron chi connectivity index (χ3n) is 5.55. The van der Waals surface area contributed by atoms with Crippen molar-refractivity contribution in [3.63, 3.8) is 0 Å². The number of rotatable bonds is 2.